The van der Waals surface area contributed by atoms with Crippen molar-refractivity contribution >= 4 is 35.6 Å². The average Bonchev–Trinajstić information content (AvgIpc) is 2.85. The lowest BCUT2D eigenvalue weighted by Gasteiger charge is -2.20. The molecular formula is C18H23N3O5S. The van der Waals surface area contributed by atoms with E-state index in [2.05, 4.69) is 16.0 Å². The molecule has 146 valence electrons. The first-order valence-corrected chi connectivity index (χ1v) is 9.48. The van der Waals surface area contributed by atoms with Crippen molar-refractivity contribution in [2.45, 2.75) is 50.3 Å². The fourth-order valence-corrected chi connectivity index (χ4v) is 3.47. The molecule has 0 aliphatic carbocycles. The minimum Gasteiger partial charge on any atom is -0.449 e. The maximum absolute atomic E-state index is 12.5. The van der Waals surface area contributed by atoms with Gasteiger partial charge in [-0.05, 0) is 39.8 Å². The third-order valence-electron chi connectivity index (χ3n) is 3.82. The van der Waals surface area contributed by atoms with Crippen LogP contribution in [0.4, 0.5) is 4.79 Å². The van der Waals surface area contributed by atoms with Gasteiger partial charge >= 0.3 is 12.0 Å². The lowest BCUT2D eigenvalue weighted by molar-refractivity contribution is -0.129. The molecule has 9 heteroatoms. The number of hydrogen-bond donors (Lipinski definition) is 3. The third kappa shape index (κ3) is 5.22. The van der Waals surface area contributed by atoms with Crippen LogP contribution in [0, 0.1) is 0 Å². The van der Waals surface area contributed by atoms with Crippen LogP contribution in [0.1, 0.15) is 38.1 Å². The molecule has 4 amide bonds. The molecule has 0 unspecified atom stereocenters. The Labute approximate surface area is 161 Å². The highest BCUT2D eigenvalue weighted by molar-refractivity contribution is 7.99. The third-order valence-corrected chi connectivity index (χ3v) is 5.21. The maximum Gasteiger partial charge on any atom is 0.340 e. The Kier molecular flexibility index (Phi) is 6.48. The van der Waals surface area contributed by atoms with Crippen molar-refractivity contribution in [3.8, 4) is 0 Å². The molecule has 1 aliphatic heterocycles. The van der Waals surface area contributed by atoms with E-state index in [1.165, 1.54) is 18.7 Å². The molecular weight excluding hydrogens is 370 g/mol. The molecule has 1 aliphatic rings. The van der Waals surface area contributed by atoms with E-state index in [-0.39, 0.29) is 17.7 Å². The monoisotopic (exact) mass is 393 g/mol. The molecule has 2 atom stereocenters. The van der Waals surface area contributed by atoms with Gasteiger partial charge in [0.15, 0.2) is 6.10 Å². The van der Waals surface area contributed by atoms with Crippen LogP contribution in [0.5, 0.6) is 0 Å². The Morgan fingerprint density at radius 1 is 1.22 bits per heavy atom. The van der Waals surface area contributed by atoms with Crippen molar-refractivity contribution in [1.29, 1.82) is 0 Å². The van der Waals surface area contributed by atoms with Gasteiger partial charge in [0, 0.05) is 16.7 Å². The fourth-order valence-electron chi connectivity index (χ4n) is 2.34. The molecule has 1 saturated heterocycles. The number of benzene rings is 1. The number of carbonyl (C=O) groups excluding carboxylic acids is 4. The van der Waals surface area contributed by atoms with E-state index in [4.69, 9.17) is 4.74 Å². The standard InChI is InChI=1S/C18H23N3O5S/c1-10(2)19-14(22)11(3)26-15(23)12-7-5-6-8-13(12)27-9-18(4)16(24)20-17(25)21-18/h5-8,10-11H,9H2,1-4H3,(H,19,22)(H2,20,21,24,25)/t11-,18+/m0/s1. The van der Waals surface area contributed by atoms with Gasteiger partial charge in [-0.25, -0.2) is 9.59 Å². The van der Waals surface area contributed by atoms with Gasteiger partial charge in [-0.1, -0.05) is 12.1 Å². The van der Waals surface area contributed by atoms with Gasteiger partial charge in [-0.3, -0.25) is 14.9 Å². The van der Waals surface area contributed by atoms with E-state index < -0.39 is 29.6 Å². The molecule has 0 radical (unpaired) electrons. The Hall–Kier alpha value is -2.55. The second-order valence-corrected chi connectivity index (χ2v) is 7.75. The van der Waals surface area contributed by atoms with Gasteiger partial charge in [-0.2, -0.15) is 0 Å². The summed E-state index contributed by atoms with van der Waals surface area (Å²) in [6.07, 6.45) is -0.935. The fraction of sp³-hybridized carbons (Fsp3) is 0.444. The zero-order valence-electron chi connectivity index (χ0n) is 15.6. The number of ether oxygens (including phenoxy) is 1. The van der Waals surface area contributed by atoms with Gasteiger partial charge in [0.2, 0.25) is 0 Å². The van der Waals surface area contributed by atoms with Crippen molar-refractivity contribution in [2.75, 3.05) is 5.75 Å². The van der Waals surface area contributed by atoms with E-state index in [0.717, 1.165) is 0 Å². The molecule has 27 heavy (non-hydrogen) atoms. The van der Waals surface area contributed by atoms with Crippen LogP contribution < -0.4 is 16.0 Å². The zero-order chi connectivity index (χ0) is 20.2. The number of nitrogens with one attached hydrogen (secondary N) is 3. The highest BCUT2D eigenvalue weighted by Gasteiger charge is 2.42. The van der Waals surface area contributed by atoms with Crippen molar-refractivity contribution < 1.29 is 23.9 Å². The van der Waals surface area contributed by atoms with Crippen molar-refractivity contribution in [2.24, 2.45) is 0 Å². The first-order valence-electron chi connectivity index (χ1n) is 8.49. The smallest absolute Gasteiger partial charge is 0.340 e. The molecule has 0 aromatic heterocycles. The zero-order valence-corrected chi connectivity index (χ0v) is 16.4. The summed E-state index contributed by atoms with van der Waals surface area (Å²) >= 11 is 1.25. The van der Waals surface area contributed by atoms with Crippen molar-refractivity contribution in [3.63, 3.8) is 0 Å². The Balaban J connectivity index is 2.06. The molecule has 3 N–H and O–H groups in total. The topological polar surface area (TPSA) is 114 Å². The number of imide groups is 1. The molecule has 1 heterocycles. The predicted octanol–water partition coefficient (Wildman–Crippen LogP) is 1.45. The Morgan fingerprint density at radius 2 is 1.89 bits per heavy atom. The first kappa shape index (κ1) is 20.8. The van der Waals surface area contributed by atoms with E-state index >= 15 is 0 Å². The molecule has 2 rings (SSSR count). The number of amides is 4. The maximum atomic E-state index is 12.5. The van der Waals surface area contributed by atoms with E-state index in [9.17, 15) is 19.2 Å². The predicted molar refractivity (Wildman–Crippen MR) is 100 cm³/mol. The average molecular weight is 393 g/mol. The number of hydrogen-bond acceptors (Lipinski definition) is 6. The minimum absolute atomic E-state index is 0.0602. The highest BCUT2D eigenvalue weighted by atomic mass is 32.2. The van der Waals surface area contributed by atoms with E-state index in [1.54, 1.807) is 31.2 Å². The minimum atomic E-state index is -1.07. The molecule has 8 nitrogen and oxygen atoms in total. The van der Waals surface area contributed by atoms with Crippen molar-refractivity contribution in [1.82, 2.24) is 16.0 Å². The Morgan fingerprint density at radius 3 is 2.48 bits per heavy atom. The number of thioether (sulfide) groups is 1. The van der Waals surface area contributed by atoms with Gasteiger partial charge in [0.25, 0.3) is 11.8 Å². The van der Waals surface area contributed by atoms with E-state index in [0.29, 0.717) is 10.5 Å². The Bertz CT molecular complexity index is 767. The normalized spacial score (nSPS) is 20.0. The largest absolute Gasteiger partial charge is 0.449 e. The summed E-state index contributed by atoms with van der Waals surface area (Å²) in [6.45, 7) is 6.75. The number of urea groups is 1. The summed E-state index contributed by atoms with van der Waals surface area (Å²) in [4.78, 5) is 48.3. The van der Waals surface area contributed by atoms with Crippen LogP contribution in [-0.2, 0) is 14.3 Å². The SMILES string of the molecule is CC(C)NC(=O)[C@H](C)OC(=O)c1ccccc1SC[C@@]1(C)NC(=O)NC1=O. The summed E-state index contributed by atoms with van der Waals surface area (Å²) in [7, 11) is 0. The summed E-state index contributed by atoms with van der Waals surface area (Å²) in [6, 6.07) is 6.15. The van der Waals surface area contributed by atoms with Crippen LogP contribution in [-0.4, -0.2) is 47.3 Å². The number of rotatable bonds is 7. The summed E-state index contributed by atoms with van der Waals surface area (Å²) < 4.78 is 5.26. The number of esters is 1. The quantitative estimate of drug-likeness (QED) is 0.367. The summed E-state index contributed by atoms with van der Waals surface area (Å²) in [5.41, 5.74) is -0.775. The van der Waals surface area contributed by atoms with Crippen LogP contribution in [0.2, 0.25) is 0 Å². The lowest BCUT2D eigenvalue weighted by Crippen LogP contribution is -2.46. The van der Waals surface area contributed by atoms with Gasteiger partial charge < -0.3 is 15.4 Å². The van der Waals surface area contributed by atoms with Crippen LogP contribution in [0.3, 0.4) is 0 Å². The van der Waals surface area contributed by atoms with Gasteiger partial charge in [-0.15, -0.1) is 11.8 Å². The second kappa shape index (κ2) is 8.43. The van der Waals surface area contributed by atoms with Crippen LogP contribution in [0.15, 0.2) is 29.2 Å². The van der Waals surface area contributed by atoms with E-state index in [1.807, 2.05) is 13.8 Å². The molecule has 0 bridgehead atoms. The molecule has 1 fully saturated rings. The van der Waals surface area contributed by atoms with Gasteiger partial charge in [0.05, 0.1) is 5.56 Å². The summed E-state index contributed by atoms with van der Waals surface area (Å²) in [5.74, 6) is -1.19. The van der Waals surface area contributed by atoms with Crippen molar-refractivity contribution in [3.05, 3.63) is 29.8 Å². The lowest BCUT2D eigenvalue weighted by atomic mass is 10.1. The van der Waals surface area contributed by atoms with Gasteiger partial charge in [0.1, 0.15) is 5.54 Å². The molecule has 1 aromatic carbocycles. The highest BCUT2D eigenvalue weighted by Crippen LogP contribution is 2.28. The second-order valence-electron chi connectivity index (χ2n) is 6.74. The number of carbonyl (C=O) groups is 4. The first-order chi connectivity index (χ1) is 12.6. The molecule has 0 spiro atoms. The van der Waals surface area contributed by atoms with Crippen LogP contribution >= 0.6 is 11.8 Å². The molecule has 0 saturated carbocycles. The summed E-state index contributed by atoms with van der Waals surface area (Å²) in [5, 5.41) is 7.46. The van der Waals surface area contributed by atoms with Crippen LogP contribution in [0.25, 0.3) is 0 Å². The molecule has 1 aromatic rings.